The van der Waals surface area contributed by atoms with Crippen LogP contribution in [0.4, 0.5) is 0 Å². The fraction of sp³-hybridized carbons (Fsp3) is 0.556. The molecule has 2 rings (SSSR count). The van der Waals surface area contributed by atoms with Crippen molar-refractivity contribution in [1.29, 1.82) is 0 Å². The first kappa shape index (κ1) is 17.3. The molecule has 1 unspecified atom stereocenters. The van der Waals surface area contributed by atoms with Crippen LogP contribution in [0.25, 0.3) is 0 Å². The number of hydrogen-bond donors (Lipinski definition) is 1. The van der Waals surface area contributed by atoms with Gasteiger partial charge in [0.05, 0.1) is 0 Å². The van der Waals surface area contributed by atoms with E-state index in [4.69, 9.17) is 4.74 Å². The molecule has 126 valence electrons. The third-order valence-corrected chi connectivity index (χ3v) is 4.25. The van der Waals surface area contributed by atoms with E-state index in [1.807, 2.05) is 25.1 Å². The number of likely N-dealkylation sites (tertiary alicyclic amines) is 1. The summed E-state index contributed by atoms with van der Waals surface area (Å²) in [4.78, 5) is 25.1. The van der Waals surface area contributed by atoms with Gasteiger partial charge in [0.15, 0.2) is 6.61 Å². The average Bonchev–Trinajstić information content (AvgIpc) is 2.52. The molecule has 1 aromatic carbocycles. The molecule has 1 heterocycles. The van der Waals surface area contributed by atoms with Gasteiger partial charge < -0.3 is 14.7 Å². The Morgan fingerprint density at radius 1 is 1.35 bits per heavy atom. The third kappa shape index (κ3) is 4.24. The number of hydrogen-bond acceptors (Lipinski definition) is 3. The lowest BCUT2D eigenvalue weighted by molar-refractivity contribution is -0.152. The van der Waals surface area contributed by atoms with Crippen molar-refractivity contribution in [3.05, 3.63) is 29.3 Å². The van der Waals surface area contributed by atoms with E-state index in [1.165, 1.54) is 4.90 Å². The Balaban J connectivity index is 2.06. The summed E-state index contributed by atoms with van der Waals surface area (Å²) in [6.45, 7) is 6.50. The monoisotopic (exact) mass is 319 g/mol. The Kier molecular flexibility index (Phi) is 5.64. The molecule has 0 spiro atoms. The first-order valence-corrected chi connectivity index (χ1v) is 8.15. The lowest BCUT2D eigenvalue weighted by atomic mass is 10.0. The Labute approximate surface area is 137 Å². The molecule has 1 aromatic rings. The summed E-state index contributed by atoms with van der Waals surface area (Å²) in [7, 11) is 0. The number of piperidine rings is 1. The average molecular weight is 319 g/mol. The number of rotatable bonds is 5. The molecule has 1 fully saturated rings. The number of amides is 1. The molecular formula is C18H25NO4. The first-order valence-electron chi connectivity index (χ1n) is 8.15. The summed E-state index contributed by atoms with van der Waals surface area (Å²) in [5, 5.41) is 9.26. The van der Waals surface area contributed by atoms with Crippen molar-refractivity contribution in [2.45, 2.75) is 52.0 Å². The zero-order chi connectivity index (χ0) is 17.0. The van der Waals surface area contributed by atoms with Gasteiger partial charge in [-0.25, -0.2) is 4.79 Å². The second kappa shape index (κ2) is 7.49. The van der Waals surface area contributed by atoms with Crippen LogP contribution in [0.3, 0.4) is 0 Å². The van der Waals surface area contributed by atoms with Crippen LogP contribution in [-0.2, 0) is 9.59 Å². The van der Waals surface area contributed by atoms with Crippen LogP contribution in [0.5, 0.6) is 5.75 Å². The molecule has 0 aliphatic carbocycles. The second-order valence-corrected chi connectivity index (χ2v) is 6.42. The van der Waals surface area contributed by atoms with E-state index >= 15 is 0 Å². The third-order valence-electron chi connectivity index (χ3n) is 4.25. The van der Waals surface area contributed by atoms with Crippen LogP contribution in [0.2, 0.25) is 0 Å². The normalized spacial score (nSPS) is 18.1. The number of aryl methyl sites for hydroxylation is 1. The van der Waals surface area contributed by atoms with E-state index < -0.39 is 12.0 Å². The van der Waals surface area contributed by atoms with E-state index in [2.05, 4.69) is 13.8 Å². The van der Waals surface area contributed by atoms with Crippen LogP contribution in [0, 0.1) is 6.92 Å². The highest BCUT2D eigenvalue weighted by molar-refractivity contribution is 5.84. The minimum atomic E-state index is -0.934. The summed E-state index contributed by atoms with van der Waals surface area (Å²) >= 11 is 0. The zero-order valence-electron chi connectivity index (χ0n) is 14.0. The highest BCUT2D eigenvalue weighted by Crippen LogP contribution is 2.27. The minimum absolute atomic E-state index is 0.118. The van der Waals surface area contributed by atoms with Gasteiger partial charge in [0.2, 0.25) is 0 Å². The van der Waals surface area contributed by atoms with Crippen molar-refractivity contribution in [2.75, 3.05) is 13.2 Å². The first-order chi connectivity index (χ1) is 10.9. The van der Waals surface area contributed by atoms with Gasteiger partial charge in [0.25, 0.3) is 5.91 Å². The van der Waals surface area contributed by atoms with Gasteiger partial charge in [0.1, 0.15) is 11.8 Å². The maximum atomic E-state index is 12.4. The van der Waals surface area contributed by atoms with Crippen LogP contribution in [0.1, 0.15) is 50.2 Å². The van der Waals surface area contributed by atoms with Gasteiger partial charge in [0, 0.05) is 6.54 Å². The van der Waals surface area contributed by atoms with Gasteiger partial charge in [-0.05, 0) is 49.3 Å². The lowest BCUT2D eigenvalue weighted by Gasteiger charge is -2.32. The predicted molar refractivity (Wildman–Crippen MR) is 87.8 cm³/mol. The number of ether oxygens (including phenoxy) is 1. The van der Waals surface area contributed by atoms with Crippen LogP contribution >= 0.6 is 0 Å². The molecule has 23 heavy (non-hydrogen) atoms. The van der Waals surface area contributed by atoms with Crippen molar-refractivity contribution >= 4 is 11.9 Å². The number of aliphatic carboxylic acids is 1. The predicted octanol–water partition coefficient (Wildman–Crippen LogP) is 2.96. The number of carboxylic acid groups (broad SMARTS) is 1. The van der Waals surface area contributed by atoms with Gasteiger partial charge in [-0.15, -0.1) is 0 Å². The SMILES string of the molecule is Cc1ccc(C(C)C)c(OCC(=O)N2CCCCC2C(=O)O)c1. The molecule has 1 aliphatic heterocycles. The highest BCUT2D eigenvalue weighted by atomic mass is 16.5. The van der Waals surface area contributed by atoms with Gasteiger partial charge in [-0.1, -0.05) is 26.0 Å². The number of nitrogens with zero attached hydrogens (tertiary/aromatic N) is 1. The second-order valence-electron chi connectivity index (χ2n) is 6.42. The zero-order valence-corrected chi connectivity index (χ0v) is 14.0. The fourth-order valence-corrected chi connectivity index (χ4v) is 2.95. The molecule has 0 bridgehead atoms. The highest BCUT2D eigenvalue weighted by Gasteiger charge is 2.32. The minimum Gasteiger partial charge on any atom is -0.483 e. The van der Waals surface area contributed by atoms with Crippen molar-refractivity contribution in [2.24, 2.45) is 0 Å². The molecule has 0 saturated carbocycles. The summed E-state index contributed by atoms with van der Waals surface area (Å²) < 4.78 is 5.74. The topological polar surface area (TPSA) is 66.8 Å². The summed E-state index contributed by atoms with van der Waals surface area (Å²) in [5.41, 5.74) is 2.12. The molecule has 1 amide bonds. The number of benzene rings is 1. The van der Waals surface area contributed by atoms with E-state index in [0.717, 1.165) is 24.0 Å². The van der Waals surface area contributed by atoms with Crippen molar-refractivity contribution < 1.29 is 19.4 Å². The van der Waals surface area contributed by atoms with Crippen molar-refractivity contribution in [3.8, 4) is 5.75 Å². The Morgan fingerprint density at radius 3 is 2.74 bits per heavy atom. The number of carbonyl (C=O) groups excluding carboxylic acids is 1. The summed E-state index contributed by atoms with van der Waals surface area (Å²) in [6.07, 6.45) is 2.21. The maximum absolute atomic E-state index is 12.4. The van der Waals surface area contributed by atoms with E-state index in [9.17, 15) is 14.7 Å². The van der Waals surface area contributed by atoms with Gasteiger partial charge in [-0.3, -0.25) is 4.79 Å². The maximum Gasteiger partial charge on any atom is 0.326 e. The number of carboxylic acids is 1. The van der Waals surface area contributed by atoms with Crippen molar-refractivity contribution in [3.63, 3.8) is 0 Å². The van der Waals surface area contributed by atoms with E-state index in [-0.39, 0.29) is 12.5 Å². The van der Waals surface area contributed by atoms with E-state index in [1.54, 1.807) is 0 Å². The molecule has 0 aromatic heterocycles. The molecule has 5 nitrogen and oxygen atoms in total. The standard InChI is InChI=1S/C18H25NO4/c1-12(2)14-8-7-13(3)10-16(14)23-11-17(20)19-9-5-4-6-15(19)18(21)22/h7-8,10,12,15H,4-6,9,11H2,1-3H3,(H,21,22). The lowest BCUT2D eigenvalue weighted by Crippen LogP contribution is -2.49. The quantitative estimate of drug-likeness (QED) is 0.906. The Bertz CT molecular complexity index is 582. The fourth-order valence-electron chi connectivity index (χ4n) is 2.95. The Hall–Kier alpha value is -2.04. The molecule has 1 aliphatic rings. The molecule has 1 saturated heterocycles. The smallest absolute Gasteiger partial charge is 0.326 e. The van der Waals surface area contributed by atoms with Crippen LogP contribution in [-0.4, -0.2) is 41.1 Å². The van der Waals surface area contributed by atoms with Crippen LogP contribution < -0.4 is 4.74 Å². The van der Waals surface area contributed by atoms with Crippen LogP contribution in [0.15, 0.2) is 18.2 Å². The molecule has 5 heteroatoms. The number of carbonyl (C=O) groups is 2. The summed E-state index contributed by atoms with van der Waals surface area (Å²) in [6, 6.07) is 5.24. The molecular weight excluding hydrogens is 294 g/mol. The largest absolute Gasteiger partial charge is 0.483 e. The van der Waals surface area contributed by atoms with Gasteiger partial charge >= 0.3 is 5.97 Å². The van der Waals surface area contributed by atoms with Gasteiger partial charge in [-0.2, -0.15) is 0 Å². The molecule has 1 atom stereocenters. The molecule has 0 radical (unpaired) electrons. The van der Waals surface area contributed by atoms with Crippen molar-refractivity contribution in [1.82, 2.24) is 4.90 Å². The summed E-state index contributed by atoms with van der Waals surface area (Å²) in [5.74, 6) is -0.190. The Morgan fingerprint density at radius 2 is 2.09 bits per heavy atom. The van der Waals surface area contributed by atoms with E-state index in [0.29, 0.717) is 24.6 Å². The molecule has 1 N–H and O–H groups in total.